The zero-order chi connectivity index (χ0) is 13.7. The van der Waals surface area contributed by atoms with Gasteiger partial charge in [-0.1, -0.05) is 29.8 Å². The second-order valence-electron chi connectivity index (χ2n) is 3.85. The van der Waals surface area contributed by atoms with Crippen LogP contribution in [0.2, 0.25) is 5.15 Å². The van der Waals surface area contributed by atoms with Crippen LogP contribution in [0.15, 0.2) is 35.1 Å². The molecule has 0 fully saturated rings. The van der Waals surface area contributed by atoms with Gasteiger partial charge in [0.15, 0.2) is 0 Å². The van der Waals surface area contributed by atoms with Gasteiger partial charge in [0.25, 0.3) is 0 Å². The number of ether oxygens (including phenoxy) is 1. The first-order valence-corrected chi connectivity index (χ1v) is 6.89. The van der Waals surface area contributed by atoms with E-state index in [1.54, 1.807) is 7.11 Å². The Morgan fingerprint density at radius 3 is 2.89 bits per heavy atom. The van der Waals surface area contributed by atoms with Crippen LogP contribution in [-0.4, -0.2) is 23.7 Å². The number of anilines is 2. The van der Waals surface area contributed by atoms with E-state index in [4.69, 9.17) is 16.3 Å². The summed E-state index contributed by atoms with van der Waals surface area (Å²) >= 11 is 9.32. The van der Waals surface area contributed by atoms with Gasteiger partial charge in [0.1, 0.15) is 17.3 Å². The second-order valence-corrected chi connectivity index (χ2v) is 5.00. The van der Waals surface area contributed by atoms with Gasteiger partial charge in [-0.3, -0.25) is 0 Å². The molecule has 0 radical (unpaired) electrons. The molecule has 100 valence electrons. The number of benzene rings is 1. The van der Waals surface area contributed by atoms with Crippen molar-refractivity contribution in [3.8, 4) is 0 Å². The normalized spacial score (nSPS) is 10.5. The average molecular weight is 343 g/mol. The summed E-state index contributed by atoms with van der Waals surface area (Å²) in [6, 6.07) is 8.01. The topological polar surface area (TPSA) is 47.0 Å². The highest BCUT2D eigenvalue weighted by atomic mass is 79.9. The van der Waals surface area contributed by atoms with Crippen molar-refractivity contribution in [2.75, 3.05) is 19.0 Å². The van der Waals surface area contributed by atoms with Crippen LogP contribution in [0.4, 0.5) is 11.5 Å². The van der Waals surface area contributed by atoms with Gasteiger partial charge in [0.05, 0.1) is 11.1 Å². The van der Waals surface area contributed by atoms with Crippen LogP contribution in [0.5, 0.6) is 0 Å². The Morgan fingerprint density at radius 1 is 1.32 bits per heavy atom. The van der Waals surface area contributed by atoms with Crippen molar-refractivity contribution < 1.29 is 4.74 Å². The lowest BCUT2D eigenvalue weighted by molar-refractivity contribution is 0.202. The molecule has 0 aliphatic rings. The van der Waals surface area contributed by atoms with Gasteiger partial charge in [-0.15, -0.1) is 0 Å². The minimum absolute atomic E-state index is 0.381. The molecule has 0 saturated heterocycles. The van der Waals surface area contributed by atoms with E-state index in [1.165, 1.54) is 6.33 Å². The lowest BCUT2D eigenvalue weighted by Crippen LogP contribution is -2.02. The number of halogens is 2. The van der Waals surface area contributed by atoms with Crippen LogP contribution in [0.3, 0.4) is 0 Å². The van der Waals surface area contributed by atoms with Crippen molar-refractivity contribution >= 4 is 39.0 Å². The Hall–Kier alpha value is -1.17. The zero-order valence-corrected chi connectivity index (χ0v) is 12.7. The molecular formula is C13H13BrClN3O. The van der Waals surface area contributed by atoms with Crippen molar-refractivity contribution in [2.45, 2.75) is 6.42 Å². The van der Waals surface area contributed by atoms with Crippen LogP contribution in [0.25, 0.3) is 0 Å². The summed E-state index contributed by atoms with van der Waals surface area (Å²) in [6.45, 7) is 0.671. The first-order chi connectivity index (χ1) is 9.22. The Balaban J connectivity index is 2.25. The Labute approximate surface area is 125 Å². The summed E-state index contributed by atoms with van der Waals surface area (Å²) in [7, 11) is 1.69. The van der Waals surface area contributed by atoms with E-state index >= 15 is 0 Å². The Bertz CT molecular complexity index is 565. The minimum Gasteiger partial charge on any atom is -0.384 e. The number of nitrogens with one attached hydrogen (secondary N) is 1. The molecule has 1 heterocycles. The summed E-state index contributed by atoms with van der Waals surface area (Å²) in [4.78, 5) is 8.07. The Morgan fingerprint density at radius 2 is 2.11 bits per heavy atom. The highest BCUT2D eigenvalue weighted by molar-refractivity contribution is 9.10. The quantitative estimate of drug-likeness (QED) is 0.839. The number of hydrogen-bond donors (Lipinski definition) is 1. The van der Waals surface area contributed by atoms with E-state index in [0.717, 1.165) is 17.7 Å². The number of rotatable bonds is 5. The number of hydrogen-bond acceptors (Lipinski definition) is 4. The second kappa shape index (κ2) is 6.84. The standard InChI is InChI=1S/C13H13BrClN3O/c1-19-7-6-9-4-2-3-5-10(9)18-13-11(14)12(15)16-8-17-13/h2-5,8H,6-7H2,1H3,(H,16,17,18). The van der Waals surface area contributed by atoms with Gasteiger partial charge in [0, 0.05) is 12.8 Å². The van der Waals surface area contributed by atoms with E-state index in [-0.39, 0.29) is 0 Å². The summed E-state index contributed by atoms with van der Waals surface area (Å²) in [5, 5.41) is 3.63. The molecular weight excluding hydrogens is 330 g/mol. The summed E-state index contributed by atoms with van der Waals surface area (Å²) < 4.78 is 5.76. The number of para-hydroxylation sites is 1. The van der Waals surface area contributed by atoms with Crippen LogP contribution >= 0.6 is 27.5 Å². The Kier molecular flexibility index (Phi) is 5.13. The van der Waals surface area contributed by atoms with E-state index in [9.17, 15) is 0 Å². The van der Waals surface area contributed by atoms with E-state index < -0.39 is 0 Å². The van der Waals surface area contributed by atoms with Crippen LogP contribution in [0, 0.1) is 0 Å². The maximum Gasteiger partial charge on any atom is 0.149 e. The number of aromatic nitrogens is 2. The number of methoxy groups -OCH3 is 1. The van der Waals surface area contributed by atoms with E-state index in [2.05, 4.69) is 37.3 Å². The average Bonchev–Trinajstić information content (AvgIpc) is 2.43. The maximum absolute atomic E-state index is 5.95. The van der Waals surface area contributed by atoms with E-state index in [0.29, 0.717) is 22.1 Å². The van der Waals surface area contributed by atoms with E-state index in [1.807, 2.05) is 18.2 Å². The zero-order valence-electron chi connectivity index (χ0n) is 10.4. The van der Waals surface area contributed by atoms with Gasteiger partial charge in [-0.25, -0.2) is 9.97 Å². The van der Waals surface area contributed by atoms with Crippen LogP contribution < -0.4 is 5.32 Å². The summed E-state index contributed by atoms with van der Waals surface area (Å²) in [6.07, 6.45) is 2.25. The lowest BCUT2D eigenvalue weighted by atomic mass is 10.1. The molecule has 6 heteroatoms. The molecule has 0 saturated carbocycles. The third-order valence-corrected chi connectivity index (χ3v) is 3.86. The molecule has 1 aromatic carbocycles. The first kappa shape index (κ1) is 14.2. The molecule has 4 nitrogen and oxygen atoms in total. The van der Waals surface area contributed by atoms with Gasteiger partial charge in [0.2, 0.25) is 0 Å². The summed E-state index contributed by atoms with van der Waals surface area (Å²) in [5.41, 5.74) is 2.14. The van der Waals surface area contributed by atoms with Crippen molar-refractivity contribution in [1.82, 2.24) is 9.97 Å². The molecule has 0 aliphatic carbocycles. The number of nitrogens with zero attached hydrogens (tertiary/aromatic N) is 2. The fraction of sp³-hybridized carbons (Fsp3) is 0.231. The molecule has 2 rings (SSSR count). The summed E-state index contributed by atoms with van der Waals surface area (Å²) in [5.74, 6) is 0.643. The molecule has 0 atom stereocenters. The fourth-order valence-electron chi connectivity index (χ4n) is 1.64. The van der Waals surface area contributed by atoms with Gasteiger partial charge < -0.3 is 10.1 Å². The molecule has 0 aliphatic heterocycles. The maximum atomic E-state index is 5.95. The smallest absolute Gasteiger partial charge is 0.149 e. The largest absolute Gasteiger partial charge is 0.384 e. The van der Waals surface area contributed by atoms with Crippen molar-refractivity contribution in [3.05, 3.63) is 45.8 Å². The fourth-order valence-corrected chi connectivity index (χ4v) is 2.07. The molecule has 1 N–H and O–H groups in total. The molecule has 0 unspecified atom stereocenters. The predicted molar refractivity (Wildman–Crippen MR) is 80.0 cm³/mol. The molecule has 19 heavy (non-hydrogen) atoms. The minimum atomic E-state index is 0.381. The first-order valence-electron chi connectivity index (χ1n) is 5.72. The molecule has 0 spiro atoms. The monoisotopic (exact) mass is 341 g/mol. The predicted octanol–water partition coefficient (Wildman–Crippen LogP) is 3.83. The van der Waals surface area contributed by atoms with Crippen LogP contribution in [0.1, 0.15) is 5.56 Å². The highest BCUT2D eigenvalue weighted by Crippen LogP contribution is 2.29. The van der Waals surface area contributed by atoms with Crippen molar-refractivity contribution in [2.24, 2.45) is 0 Å². The molecule has 0 bridgehead atoms. The third-order valence-electron chi connectivity index (χ3n) is 2.59. The lowest BCUT2D eigenvalue weighted by Gasteiger charge is -2.12. The van der Waals surface area contributed by atoms with Crippen molar-refractivity contribution in [1.29, 1.82) is 0 Å². The molecule has 1 aromatic heterocycles. The third kappa shape index (κ3) is 3.65. The molecule has 0 amide bonds. The van der Waals surface area contributed by atoms with Gasteiger partial charge in [-0.05, 0) is 34.0 Å². The van der Waals surface area contributed by atoms with Gasteiger partial charge >= 0.3 is 0 Å². The van der Waals surface area contributed by atoms with Gasteiger partial charge in [-0.2, -0.15) is 0 Å². The highest BCUT2D eigenvalue weighted by Gasteiger charge is 2.09. The molecule has 2 aromatic rings. The SMILES string of the molecule is COCCc1ccccc1Nc1ncnc(Cl)c1Br. The van der Waals surface area contributed by atoms with Crippen molar-refractivity contribution in [3.63, 3.8) is 0 Å². The van der Waals surface area contributed by atoms with Crippen LogP contribution in [-0.2, 0) is 11.2 Å².